The van der Waals surface area contributed by atoms with Gasteiger partial charge in [0, 0.05) is 18.8 Å². The van der Waals surface area contributed by atoms with Gasteiger partial charge in [-0.3, -0.25) is 4.98 Å². The molecule has 0 spiro atoms. The molecule has 0 aliphatic carbocycles. The molecule has 102 valence electrons. The molecule has 3 nitrogen and oxygen atoms in total. The second-order valence-electron chi connectivity index (χ2n) is 4.74. The molecule has 0 saturated heterocycles. The third-order valence-corrected chi connectivity index (χ3v) is 3.17. The lowest BCUT2D eigenvalue weighted by atomic mass is 10.0. The van der Waals surface area contributed by atoms with Crippen molar-refractivity contribution in [1.29, 1.82) is 0 Å². The first-order chi connectivity index (χ1) is 8.80. The van der Waals surface area contributed by atoms with Crippen LogP contribution in [0.2, 0.25) is 0 Å². The van der Waals surface area contributed by atoms with Gasteiger partial charge in [-0.25, -0.2) is 0 Å². The SMILES string of the molecule is CCCCC(CC)COc1ccnc(CNC)c1. The summed E-state index contributed by atoms with van der Waals surface area (Å²) >= 11 is 0. The molecule has 0 amide bonds. The Kier molecular flexibility index (Phi) is 7.42. The predicted octanol–water partition coefficient (Wildman–Crippen LogP) is 3.40. The lowest BCUT2D eigenvalue weighted by Gasteiger charge is -2.15. The number of aromatic nitrogens is 1. The van der Waals surface area contributed by atoms with Crippen molar-refractivity contribution in [2.45, 2.75) is 46.1 Å². The minimum Gasteiger partial charge on any atom is -0.493 e. The minimum atomic E-state index is 0.672. The first-order valence-corrected chi connectivity index (χ1v) is 7.02. The van der Waals surface area contributed by atoms with Crippen LogP contribution in [0, 0.1) is 5.92 Å². The van der Waals surface area contributed by atoms with Crippen LogP contribution in [0.4, 0.5) is 0 Å². The third-order valence-electron chi connectivity index (χ3n) is 3.17. The largest absolute Gasteiger partial charge is 0.493 e. The van der Waals surface area contributed by atoms with E-state index in [0.29, 0.717) is 5.92 Å². The summed E-state index contributed by atoms with van der Waals surface area (Å²) in [7, 11) is 1.92. The van der Waals surface area contributed by atoms with E-state index < -0.39 is 0 Å². The van der Waals surface area contributed by atoms with E-state index in [-0.39, 0.29) is 0 Å². The molecule has 1 heterocycles. The van der Waals surface area contributed by atoms with Crippen LogP contribution in [0.15, 0.2) is 18.3 Å². The summed E-state index contributed by atoms with van der Waals surface area (Å²) in [5.74, 6) is 1.61. The van der Waals surface area contributed by atoms with E-state index in [9.17, 15) is 0 Å². The zero-order valence-electron chi connectivity index (χ0n) is 11.9. The van der Waals surface area contributed by atoms with Gasteiger partial charge in [0.2, 0.25) is 0 Å². The summed E-state index contributed by atoms with van der Waals surface area (Å²) in [6.45, 7) is 6.08. The van der Waals surface area contributed by atoms with E-state index in [1.54, 1.807) is 0 Å². The van der Waals surface area contributed by atoms with Crippen molar-refractivity contribution >= 4 is 0 Å². The normalized spacial score (nSPS) is 12.4. The Morgan fingerprint density at radius 3 is 2.89 bits per heavy atom. The lowest BCUT2D eigenvalue weighted by Crippen LogP contribution is -2.12. The molecule has 0 bridgehead atoms. The molecule has 0 radical (unpaired) electrons. The molecular weight excluding hydrogens is 224 g/mol. The maximum Gasteiger partial charge on any atom is 0.122 e. The third kappa shape index (κ3) is 5.50. The van der Waals surface area contributed by atoms with Crippen molar-refractivity contribution < 1.29 is 4.74 Å². The van der Waals surface area contributed by atoms with E-state index in [0.717, 1.165) is 24.6 Å². The first-order valence-electron chi connectivity index (χ1n) is 7.02. The summed E-state index contributed by atoms with van der Waals surface area (Å²) < 4.78 is 5.88. The molecule has 1 aromatic rings. The van der Waals surface area contributed by atoms with Crippen molar-refractivity contribution in [3.63, 3.8) is 0 Å². The van der Waals surface area contributed by atoms with Crippen LogP contribution in [0.1, 0.15) is 45.2 Å². The average Bonchev–Trinajstić information content (AvgIpc) is 2.40. The Morgan fingerprint density at radius 2 is 2.22 bits per heavy atom. The molecular formula is C15H26N2O. The molecule has 0 saturated carbocycles. The molecule has 1 aromatic heterocycles. The van der Waals surface area contributed by atoms with Crippen molar-refractivity contribution in [2.24, 2.45) is 5.92 Å². The molecule has 1 rings (SSSR count). The second kappa shape index (κ2) is 8.92. The minimum absolute atomic E-state index is 0.672. The zero-order chi connectivity index (χ0) is 13.2. The van der Waals surface area contributed by atoms with Crippen LogP contribution in [0.25, 0.3) is 0 Å². The fraction of sp³-hybridized carbons (Fsp3) is 0.667. The highest BCUT2D eigenvalue weighted by Crippen LogP contribution is 2.16. The van der Waals surface area contributed by atoms with Crippen LogP contribution in [-0.2, 0) is 6.54 Å². The van der Waals surface area contributed by atoms with Gasteiger partial charge in [0.25, 0.3) is 0 Å². The van der Waals surface area contributed by atoms with Crippen LogP contribution in [0.5, 0.6) is 5.75 Å². The van der Waals surface area contributed by atoms with Crippen molar-refractivity contribution in [1.82, 2.24) is 10.3 Å². The smallest absolute Gasteiger partial charge is 0.122 e. The molecule has 1 atom stereocenters. The van der Waals surface area contributed by atoms with Crippen molar-refractivity contribution in [2.75, 3.05) is 13.7 Å². The standard InChI is InChI=1S/C15H26N2O/c1-4-6-7-13(5-2)12-18-15-8-9-17-14(10-15)11-16-3/h8-10,13,16H,4-7,11-12H2,1-3H3. The van der Waals surface area contributed by atoms with Gasteiger partial charge < -0.3 is 10.1 Å². The Labute approximate surface area is 111 Å². The van der Waals surface area contributed by atoms with E-state index in [1.807, 2.05) is 25.4 Å². The highest BCUT2D eigenvalue weighted by molar-refractivity contribution is 5.22. The fourth-order valence-electron chi connectivity index (χ4n) is 1.94. The molecule has 1 N–H and O–H groups in total. The monoisotopic (exact) mass is 250 g/mol. The van der Waals surface area contributed by atoms with Gasteiger partial charge in [-0.15, -0.1) is 0 Å². The summed E-state index contributed by atoms with van der Waals surface area (Å²) in [5, 5.41) is 3.10. The molecule has 0 aromatic carbocycles. The van der Waals surface area contributed by atoms with E-state index in [2.05, 4.69) is 24.1 Å². The maximum absolute atomic E-state index is 5.88. The number of nitrogens with one attached hydrogen (secondary N) is 1. The number of hydrogen-bond acceptors (Lipinski definition) is 3. The summed E-state index contributed by atoms with van der Waals surface area (Å²) in [4.78, 5) is 4.28. The summed E-state index contributed by atoms with van der Waals surface area (Å²) in [6.07, 6.45) is 6.83. The predicted molar refractivity (Wildman–Crippen MR) is 75.8 cm³/mol. The van der Waals surface area contributed by atoms with Gasteiger partial charge in [0.15, 0.2) is 0 Å². The van der Waals surface area contributed by atoms with Crippen molar-refractivity contribution in [3.8, 4) is 5.75 Å². The maximum atomic E-state index is 5.88. The highest BCUT2D eigenvalue weighted by atomic mass is 16.5. The molecule has 0 aliphatic rings. The van der Waals surface area contributed by atoms with Crippen LogP contribution in [0.3, 0.4) is 0 Å². The van der Waals surface area contributed by atoms with Crippen LogP contribution in [-0.4, -0.2) is 18.6 Å². The number of hydrogen-bond donors (Lipinski definition) is 1. The van der Waals surface area contributed by atoms with Gasteiger partial charge in [-0.1, -0.05) is 33.1 Å². The summed E-state index contributed by atoms with van der Waals surface area (Å²) in [6, 6.07) is 3.95. The van der Waals surface area contributed by atoms with E-state index in [4.69, 9.17) is 4.74 Å². The highest BCUT2D eigenvalue weighted by Gasteiger charge is 2.07. The number of ether oxygens (including phenoxy) is 1. The fourth-order valence-corrected chi connectivity index (χ4v) is 1.94. The van der Waals surface area contributed by atoms with E-state index in [1.165, 1.54) is 25.7 Å². The average molecular weight is 250 g/mol. The number of rotatable bonds is 9. The number of pyridine rings is 1. The van der Waals surface area contributed by atoms with Crippen molar-refractivity contribution in [3.05, 3.63) is 24.0 Å². The molecule has 1 unspecified atom stereocenters. The van der Waals surface area contributed by atoms with Crippen LogP contribution >= 0.6 is 0 Å². The van der Waals surface area contributed by atoms with E-state index >= 15 is 0 Å². The molecule has 18 heavy (non-hydrogen) atoms. The quantitative estimate of drug-likeness (QED) is 0.729. The molecule has 3 heteroatoms. The first kappa shape index (κ1) is 15.0. The Bertz CT molecular complexity index is 328. The van der Waals surface area contributed by atoms with Gasteiger partial charge in [0.1, 0.15) is 5.75 Å². The zero-order valence-corrected chi connectivity index (χ0v) is 11.9. The lowest BCUT2D eigenvalue weighted by molar-refractivity contribution is 0.233. The second-order valence-corrected chi connectivity index (χ2v) is 4.74. The number of nitrogens with zero attached hydrogens (tertiary/aromatic N) is 1. The van der Waals surface area contributed by atoms with Crippen LogP contribution < -0.4 is 10.1 Å². The Morgan fingerprint density at radius 1 is 1.39 bits per heavy atom. The number of unbranched alkanes of at least 4 members (excludes halogenated alkanes) is 1. The molecule has 0 aliphatic heterocycles. The van der Waals surface area contributed by atoms with Gasteiger partial charge in [-0.2, -0.15) is 0 Å². The summed E-state index contributed by atoms with van der Waals surface area (Å²) in [5.41, 5.74) is 1.02. The van der Waals surface area contributed by atoms with Gasteiger partial charge >= 0.3 is 0 Å². The Balaban J connectivity index is 2.43. The van der Waals surface area contributed by atoms with Gasteiger partial charge in [-0.05, 0) is 25.5 Å². The Hall–Kier alpha value is -1.09. The topological polar surface area (TPSA) is 34.1 Å². The van der Waals surface area contributed by atoms with Gasteiger partial charge in [0.05, 0.1) is 12.3 Å². The molecule has 0 fully saturated rings.